The van der Waals surface area contributed by atoms with Gasteiger partial charge in [-0.05, 0) is 55.0 Å². The molecular weight excluding hydrogens is 352 g/mol. The number of aromatic nitrogens is 1. The second-order valence-electron chi connectivity index (χ2n) is 7.93. The third-order valence-corrected chi connectivity index (χ3v) is 5.56. The summed E-state index contributed by atoms with van der Waals surface area (Å²) >= 11 is 0. The van der Waals surface area contributed by atoms with E-state index in [1.54, 1.807) is 24.5 Å². The molecule has 1 aromatic heterocycles. The van der Waals surface area contributed by atoms with Crippen molar-refractivity contribution in [3.63, 3.8) is 0 Å². The van der Waals surface area contributed by atoms with E-state index in [1.807, 2.05) is 36.1 Å². The molecule has 1 saturated carbocycles. The molecule has 1 aliphatic heterocycles. The van der Waals surface area contributed by atoms with E-state index >= 15 is 0 Å². The molecule has 6 heteroatoms. The van der Waals surface area contributed by atoms with E-state index in [0.29, 0.717) is 11.5 Å². The molecule has 2 aliphatic rings. The normalized spacial score (nSPS) is 17.5. The minimum absolute atomic E-state index is 0.00890. The van der Waals surface area contributed by atoms with Gasteiger partial charge in [-0.25, -0.2) is 4.79 Å². The smallest absolute Gasteiger partial charge is 0.317 e. The minimum Gasteiger partial charge on any atom is -0.331 e. The maximum Gasteiger partial charge on any atom is 0.317 e. The number of hydrogen-bond acceptors (Lipinski definition) is 3. The first-order valence-corrected chi connectivity index (χ1v) is 9.95. The molecule has 2 N–H and O–H groups in total. The summed E-state index contributed by atoms with van der Waals surface area (Å²) in [6.45, 7) is 3.74. The topological polar surface area (TPSA) is 74.3 Å². The van der Waals surface area contributed by atoms with Crippen molar-refractivity contribution in [1.29, 1.82) is 0 Å². The van der Waals surface area contributed by atoms with Crippen LogP contribution in [-0.4, -0.2) is 34.9 Å². The fourth-order valence-electron chi connectivity index (χ4n) is 3.63. The summed E-state index contributed by atoms with van der Waals surface area (Å²) in [4.78, 5) is 30.4. The number of hydrogen-bond donors (Lipinski definition) is 2. The summed E-state index contributed by atoms with van der Waals surface area (Å²) in [6.07, 6.45) is 7.22. The Kier molecular flexibility index (Phi) is 5.28. The summed E-state index contributed by atoms with van der Waals surface area (Å²) in [6, 6.07) is 10.8. The number of rotatable bonds is 6. The van der Waals surface area contributed by atoms with Crippen LogP contribution in [0.2, 0.25) is 0 Å². The van der Waals surface area contributed by atoms with Crippen molar-refractivity contribution in [1.82, 2.24) is 15.2 Å². The van der Waals surface area contributed by atoms with Gasteiger partial charge in [0.1, 0.15) is 0 Å². The number of carbonyl (C=O) groups is 2. The maximum absolute atomic E-state index is 12.4. The Bertz CT molecular complexity index is 827. The number of amides is 3. The molecule has 3 amide bonds. The van der Waals surface area contributed by atoms with Gasteiger partial charge >= 0.3 is 6.03 Å². The van der Waals surface area contributed by atoms with Crippen molar-refractivity contribution in [3.05, 3.63) is 59.9 Å². The van der Waals surface area contributed by atoms with Crippen LogP contribution in [0, 0.1) is 11.8 Å². The standard InChI is InChI=1S/C22H26N4O2/c1-15(24-22(28)26-13-17(14-26)12-16-2-3-16)18-4-6-20(7-5-18)25-21(27)19-8-10-23-11-9-19/h4-11,15-17H,2-3,12-14H2,1H3,(H,24,28)(H,25,27). The average molecular weight is 378 g/mol. The quantitative estimate of drug-likeness (QED) is 0.802. The minimum atomic E-state index is -0.171. The highest BCUT2D eigenvalue weighted by Crippen LogP contribution is 2.37. The van der Waals surface area contributed by atoms with Crippen LogP contribution in [0.3, 0.4) is 0 Å². The summed E-state index contributed by atoms with van der Waals surface area (Å²) < 4.78 is 0. The van der Waals surface area contributed by atoms with Crippen molar-refractivity contribution in [2.75, 3.05) is 18.4 Å². The highest BCUT2D eigenvalue weighted by Gasteiger charge is 2.35. The molecule has 146 valence electrons. The Labute approximate surface area is 165 Å². The largest absolute Gasteiger partial charge is 0.331 e. The van der Waals surface area contributed by atoms with Crippen LogP contribution in [-0.2, 0) is 0 Å². The Morgan fingerprint density at radius 2 is 1.75 bits per heavy atom. The molecule has 1 atom stereocenters. The van der Waals surface area contributed by atoms with Gasteiger partial charge in [-0.15, -0.1) is 0 Å². The van der Waals surface area contributed by atoms with E-state index in [4.69, 9.17) is 0 Å². The molecule has 2 aromatic rings. The molecule has 1 saturated heterocycles. The molecule has 4 rings (SSSR count). The zero-order chi connectivity index (χ0) is 19.5. The molecule has 1 aromatic carbocycles. The molecule has 2 heterocycles. The van der Waals surface area contributed by atoms with Gasteiger partial charge < -0.3 is 15.5 Å². The Hall–Kier alpha value is -2.89. The van der Waals surface area contributed by atoms with E-state index in [9.17, 15) is 9.59 Å². The lowest BCUT2D eigenvalue weighted by atomic mass is 9.94. The van der Waals surface area contributed by atoms with Crippen LogP contribution in [0.5, 0.6) is 0 Å². The molecular formula is C22H26N4O2. The lowest BCUT2D eigenvalue weighted by Gasteiger charge is -2.40. The molecule has 1 aliphatic carbocycles. The molecule has 2 fully saturated rings. The van der Waals surface area contributed by atoms with Crippen LogP contribution in [0.4, 0.5) is 10.5 Å². The third kappa shape index (κ3) is 4.50. The van der Waals surface area contributed by atoms with Gasteiger partial charge in [0.15, 0.2) is 0 Å². The third-order valence-electron chi connectivity index (χ3n) is 5.56. The molecule has 1 unspecified atom stereocenters. The van der Waals surface area contributed by atoms with Crippen molar-refractivity contribution < 1.29 is 9.59 Å². The summed E-state index contributed by atoms with van der Waals surface area (Å²) in [7, 11) is 0. The molecule has 0 bridgehead atoms. The zero-order valence-electron chi connectivity index (χ0n) is 16.1. The maximum atomic E-state index is 12.4. The fraction of sp³-hybridized carbons (Fsp3) is 0.409. The molecule has 28 heavy (non-hydrogen) atoms. The first kappa shape index (κ1) is 18.5. The SMILES string of the molecule is CC(NC(=O)N1CC(CC2CC2)C1)c1ccc(NC(=O)c2ccncc2)cc1. The van der Waals surface area contributed by atoms with Crippen LogP contribution >= 0.6 is 0 Å². The van der Waals surface area contributed by atoms with Crippen molar-refractivity contribution >= 4 is 17.6 Å². The number of carbonyl (C=O) groups excluding carboxylic acids is 2. The molecule has 0 spiro atoms. The lowest BCUT2D eigenvalue weighted by Crippen LogP contribution is -2.54. The number of anilines is 1. The predicted molar refractivity (Wildman–Crippen MR) is 108 cm³/mol. The van der Waals surface area contributed by atoms with E-state index in [1.165, 1.54) is 19.3 Å². The van der Waals surface area contributed by atoms with Gasteiger partial charge in [0.2, 0.25) is 0 Å². The summed E-state index contributed by atoms with van der Waals surface area (Å²) in [5.41, 5.74) is 2.29. The lowest BCUT2D eigenvalue weighted by molar-refractivity contribution is 0.102. The van der Waals surface area contributed by atoms with Crippen LogP contribution in [0.1, 0.15) is 48.1 Å². The van der Waals surface area contributed by atoms with Gasteiger partial charge in [-0.1, -0.05) is 25.0 Å². The predicted octanol–water partition coefficient (Wildman–Crippen LogP) is 3.84. The highest BCUT2D eigenvalue weighted by atomic mass is 16.2. The molecule has 6 nitrogen and oxygen atoms in total. The van der Waals surface area contributed by atoms with Crippen molar-refractivity contribution in [2.24, 2.45) is 11.8 Å². The van der Waals surface area contributed by atoms with E-state index in [0.717, 1.165) is 30.3 Å². The second-order valence-corrected chi connectivity index (χ2v) is 7.93. The van der Waals surface area contributed by atoms with Gasteiger partial charge in [-0.3, -0.25) is 9.78 Å². The molecule has 0 radical (unpaired) electrons. The van der Waals surface area contributed by atoms with E-state index in [2.05, 4.69) is 15.6 Å². The van der Waals surface area contributed by atoms with Crippen molar-refractivity contribution in [3.8, 4) is 0 Å². The van der Waals surface area contributed by atoms with E-state index < -0.39 is 0 Å². The number of nitrogens with one attached hydrogen (secondary N) is 2. The average Bonchev–Trinajstić information content (AvgIpc) is 3.49. The number of benzene rings is 1. The fourth-order valence-corrected chi connectivity index (χ4v) is 3.63. The Morgan fingerprint density at radius 1 is 1.07 bits per heavy atom. The number of nitrogens with zero attached hydrogens (tertiary/aromatic N) is 2. The van der Waals surface area contributed by atoms with E-state index in [-0.39, 0.29) is 18.0 Å². The van der Waals surface area contributed by atoms with Gasteiger partial charge in [0, 0.05) is 36.7 Å². The first-order chi connectivity index (χ1) is 13.6. The number of pyridine rings is 1. The Balaban J connectivity index is 1.26. The second kappa shape index (κ2) is 8.00. The first-order valence-electron chi connectivity index (χ1n) is 9.95. The Morgan fingerprint density at radius 3 is 2.39 bits per heavy atom. The summed E-state index contributed by atoms with van der Waals surface area (Å²) in [5.74, 6) is 1.44. The van der Waals surface area contributed by atoms with Gasteiger partial charge in [0.25, 0.3) is 5.91 Å². The van der Waals surface area contributed by atoms with Crippen molar-refractivity contribution in [2.45, 2.75) is 32.2 Å². The van der Waals surface area contributed by atoms with Crippen LogP contribution in [0.25, 0.3) is 0 Å². The van der Waals surface area contributed by atoms with Crippen LogP contribution < -0.4 is 10.6 Å². The zero-order valence-corrected chi connectivity index (χ0v) is 16.1. The van der Waals surface area contributed by atoms with Crippen LogP contribution in [0.15, 0.2) is 48.8 Å². The monoisotopic (exact) mass is 378 g/mol. The highest BCUT2D eigenvalue weighted by molar-refractivity contribution is 6.04. The number of likely N-dealkylation sites (tertiary alicyclic amines) is 1. The van der Waals surface area contributed by atoms with Gasteiger partial charge in [0.05, 0.1) is 6.04 Å². The van der Waals surface area contributed by atoms with Gasteiger partial charge in [-0.2, -0.15) is 0 Å². The summed E-state index contributed by atoms with van der Waals surface area (Å²) in [5, 5.41) is 5.93. The number of urea groups is 1.